The van der Waals surface area contributed by atoms with E-state index >= 15 is 0 Å². The lowest BCUT2D eigenvalue weighted by Gasteiger charge is -2.44. The van der Waals surface area contributed by atoms with E-state index in [1.165, 1.54) is 5.56 Å². The molecule has 5 heteroatoms. The van der Waals surface area contributed by atoms with Gasteiger partial charge in [0.05, 0.1) is 24.6 Å². The summed E-state index contributed by atoms with van der Waals surface area (Å²) in [5.41, 5.74) is 3.57. The third kappa shape index (κ3) is 2.24. The lowest BCUT2D eigenvalue weighted by molar-refractivity contribution is 0.130. The van der Waals surface area contributed by atoms with Gasteiger partial charge in [0.2, 0.25) is 0 Å². The van der Waals surface area contributed by atoms with E-state index < -0.39 is 5.54 Å². The number of aromatic nitrogens is 1. The molecule has 0 saturated carbocycles. The van der Waals surface area contributed by atoms with Gasteiger partial charge in [0.15, 0.2) is 0 Å². The average molecular weight is 322 g/mol. The van der Waals surface area contributed by atoms with E-state index in [0.29, 0.717) is 5.71 Å². The minimum absolute atomic E-state index is 0.451. The zero-order chi connectivity index (χ0) is 16.6. The molecule has 2 aliphatic rings. The van der Waals surface area contributed by atoms with E-state index in [-0.39, 0.29) is 0 Å². The second-order valence-corrected chi connectivity index (χ2v) is 6.42. The van der Waals surface area contributed by atoms with Crippen molar-refractivity contribution in [2.75, 3.05) is 33.3 Å². The molecule has 124 valence electrons. The number of ether oxygens (including phenoxy) is 1. The molecule has 1 saturated heterocycles. The van der Waals surface area contributed by atoms with Crippen molar-refractivity contribution in [2.24, 2.45) is 0 Å². The van der Waals surface area contributed by atoms with Gasteiger partial charge in [0, 0.05) is 49.9 Å². The fourth-order valence-corrected chi connectivity index (χ4v) is 4.01. The van der Waals surface area contributed by atoms with Crippen molar-refractivity contribution in [1.82, 2.24) is 15.2 Å². The summed E-state index contributed by atoms with van der Waals surface area (Å²) in [6.07, 6.45) is 4.43. The van der Waals surface area contributed by atoms with Gasteiger partial charge in [-0.25, -0.2) is 0 Å². The van der Waals surface area contributed by atoms with Crippen LogP contribution in [-0.4, -0.2) is 48.9 Å². The van der Waals surface area contributed by atoms with Crippen LogP contribution in [0.1, 0.15) is 16.7 Å². The maximum absolute atomic E-state index is 9.01. The molecule has 1 aliphatic carbocycles. The van der Waals surface area contributed by atoms with Gasteiger partial charge in [-0.1, -0.05) is 24.3 Å². The zero-order valence-corrected chi connectivity index (χ0v) is 13.9. The first kappa shape index (κ1) is 15.3. The third-order valence-electron chi connectivity index (χ3n) is 5.23. The number of benzene rings is 1. The van der Waals surface area contributed by atoms with Crippen LogP contribution in [-0.2, 0) is 12.0 Å². The Morgan fingerprint density at radius 1 is 1.21 bits per heavy atom. The fraction of sp³-hybridized carbons (Fsp3) is 0.368. The van der Waals surface area contributed by atoms with Crippen LogP contribution in [0.5, 0.6) is 5.75 Å². The predicted molar refractivity (Wildman–Crippen MR) is 93.9 cm³/mol. The number of pyridine rings is 1. The Balaban J connectivity index is 1.86. The molecule has 1 atom stereocenters. The summed E-state index contributed by atoms with van der Waals surface area (Å²) in [7, 11) is 1.66. The summed E-state index contributed by atoms with van der Waals surface area (Å²) in [5.74, 6) is 0.741. The number of methoxy groups -OCH3 is 1. The quantitative estimate of drug-likeness (QED) is 0.905. The normalized spacial score (nSPS) is 24.0. The third-order valence-corrected chi connectivity index (χ3v) is 5.23. The van der Waals surface area contributed by atoms with Crippen molar-refractivity contribution in [2.45, 2.75) is 12.0 Å². The minimum Gasteiger partial charge on any atom is -0.495 e. The van der Waals surface area contributed by atoms with Gasteiger partial charge < -0.3 is 15.5 Å². The molecule has 1 unspecified atom stereocenters. The number of piperazine rings is 1. The van der Waals surface area contributed by atoms with Crippen molar-refractivity contribution in [1.29, 1.82) is 5.41 Å². The lowest BCUT2D eigenvalue weighted by Crippen LogP contribution is -2.57. The average Bonchev–Trinajstić information content (AvgIpc) is 2.96. The molecule has 2 N–H and O–H groups in total. The van der Waals surface area contributed by atoms with Crippen LogP contribution in [0, 0.1) is 5.41 Å². The highest BCUT2D eigenvalue weighted by molar-refractivity contribution is 6.09. The zero-order valence-electron chi connectivity index (χ0n) is 13.9. The largest absolute Gasteiger partial charge is 0.495 e. The van der Waals surface area contributed by atoms with Crippen LogP contribution in [0.15, 0.2) is 42.7 Å². The summed E-state index contributed by atoms with van der Waals surface area (Å²) < 4.78 is 5.40. The van der Waals surface area contributed by atoms with Gasteiger partial charge in [0.25, 0.3) is 0 Å². The molecule has 1 fully saturated rings. The first-order chi connectivity index (χ1) is 11.8. The molecule has 1 aromatic heterocycles. The second kappa shape index (κ2) is 6.00. The van der Waals surface area contributed by atoms with Crippen LogP contribution in [0.25, 0.3) is 0 Å². The summed E-state index contributed by atoms with van der Waals surface area (Å²) in [6, 6.07) is 10.3. The van der Waals surface area contributed by atoms with Gasteiger partial charge in [-0.3, -0.25) is 9.88 Å². The van der Waals surface area contributed by atoms with Gasteiger partial charge >= 0.3 is 0 Å². The van der Waals surface area contributed by atoms with Gasteiger partial charge in [-0.15, -0.1) is 0 Å². The van der Waals surface area contributed by atoms with Crippen LogP contribution in [0.3, 0.4) is 0 Å². The molecule has 2 aromatic rings. The summed E-state index contributed by atoms with van der Waals surface area (Å²) >= 11 is 0. The van der Waals surface area contributed by atoms with E-state index in [2.05, 4.69) is 33.4 Å². The Labute approximate surface area is 142 Å². The van der Waals surface area contributed by atoms with Crippen LogP contribution >= 0.6 is 0 Å². The van der Waals surface area contributed by atoms with Crippen molar-refractivity contribution < 1.29 is 4.74 Å². The highest BCUT2D eigenvalue weighted by Crippen LogP contribution is 2.43. The summed E-state index contributed by atoms with van der Waals surface area (Å²) in [5, 5.41) is 12.4. The van der Waals surface area contributed by atoms with E-state index in [1.54, 1.807) is 13.3 Å². The van der Waals surface area contributed by atoms with Crippen molar-refractivity contribution in [3.05, 3.63) is 59.4 Å². The Hall–Kier alpha value is -2.24. The Morgan fingerprint density at radius 3 is 2.75 bits per heavy atom. The smallest absolute Gasteiger partial charge is 0.137 e. The molecule has 1 aliphatic heterocycles. The molecule has 0 spiro atoms. The van der Waals surface area contributed by atoms with Gasteiger partial charge in [0.1, 0.15) is 5.75 Å². The van der Waals surface area contributed by atoms with Gasteiger partial charge in [-0.2, -0.15) is 0 Å². The van der Waals surface area contributed by atoms with E-state index in [4.69, 9.17) is 10.1 Å². The Kier molecular flexibility index (Phi) is 3.82. The number of nitrogens with one attached hydrogen (secondary N) is 2. The Bertz CT molecular complexity index is 769. The molecule has 1 aromatic carbocycles. The molecule has 0 amide bonds. The number of hydrogen-bond acceptors (Lipinski definition) is 5. The minimum atomic E-state index is -0.451. The number of nitrogens with zero attached hydrogens (tertiary/aromatic N) is 2. The molecule has 0 radical (unpaired) electrons. The first-order valence-electron chi connectivity index (χ1n) is 8.38. The predicted octanol–water partition coefficient (Wildman–Crippen LogP) is 1.81. The highest BCUT2D eigenvalue weighted by atomic mass is 16.5. The van der Waals surface area contributed by atoms with Crippen molar-refractivity contribution >= 4 is 5.71 Å². The molecular weight excluding hydrogens is 300 g/mol. The second-order valence-electron chi connectivity index (χ2n) is 6.42. The van der Waals surface area contributed by atoms with Crippen LogP contribution in [0.2, 0.25) is 0 Å². The standard InChI is InChI=1S/C19H22N4O/c1-24-16-10-15(12-22-13-16)19(23-8-6-21-7-9-23)11-14-4-2-3-5-17(14)18(19)20/h2-5,10,12-13,20-21H,6-9,11H2,1H3. The fourth-order valence-electron chi connectivity index (χ4n) is 4.01. The SMILES string of the molecule is COc1cncc(C2(N3CCNCC3)Cc3ccccc3C2=N)c1. The van der Waals surface area contributed by atoms with Crippen LogP contribution in [0.4, 0.5) is 0 Å². The molecule has 5 nitrogen and oxygen atoms in total. The van der Waals surface area contributed by atoms with Gasteiger partial charge in [-0.05, 0) is 11.6 Å². The maximum Gasteiger partial charge on any atom is 0.137 e. The number of fused-ring (bicyclic) bond motifs is 1. The summed E-state index contributed by atoms with van der Waals surface area (Å²) in [4.78, 5) is 6.81. The lowest BCUT2D eigenvalue weighted by atomic mass is 9.83. The van der Waals surface area contributed by atoms with Crippen molar-refractivity contribution in [3.63, 3.8) is 0 Å². The van der Waals surface area contributed by atoms with E-state index in [9.17, 15) is 0 Å². The molecule has 0 bridgehead atoms. The van der Waals surface area contributed by atoms with Crippen molar-refractivity contribution in [3.8, 4) is 5.75 Å². The molecule has 4 rings (SSSR count). The van der Waals surface area contributed by atoms with Crippen LogP contribution < -0.4 is 10.1 Å². The number of hydrogen-bond donors (Lipinski definition) is 2. The molecule has 24 heavy (non-hydrogen) atoms. The highest BCUT2D eigenvalue weighted by Gasteiger charge is 2.48. The molecular formula is C19H22N4O. The van der Waals surface area contributed by atoms with E-state index in [1.807, 2.05) is 18.3 Å². The topological polar surface area (TPSA) is 61.2 Å². The monoisotopic (exact) mass is 322 g/mol. The maximum atomic E-state index is 9.01. The Morgan fingerprint density at radius 2 is 2.00 bits per heavy atom. The molecule has 2 heterocycles. The first-order valence-corrected chi connectivity index (χ1v) is 8.38. The summed E-state index contributed by atoms with van der Waals surface area (Å²) in [6.45, 7) is 3.74. The number of rotatable bonds is 3. The van der Waals surface area contributed by atoms with E-state index in [0.717, 1.165) is 49.5 Å².